The molecular formula is C17H19N3O2S2. The van der Waals surface area contributed by atoms with E-state index in [-0.39, 0.29) is 18.4 Å². The zero-order valence-electron chi connectivity index (χ0n) is 13.3. The number of carbonyl (C=O) groups is 2. The molecule has 2 fully saturated rings. The number of rotatable bonds is 3. The minimum Gasteiger partial charge on any atom is -0.340 e. The SMILES string of the molecule is O=C1CSCN1CC(=O)N1CCC[C@@H](c2nc3ccccc3s2)C1. The smallest absolute Gasteiger partial charge is 0.242 e. The molecule has 0 bridgehead atoms. The first-order chi connectivity index (χ1) is 11.7. The molecule has 2 aliphatic heterocycles. The van der Waals surface area contributed by atoms with Gasteiger partial charge in [-0.25, -0.2) is 4.98 Å². The number of nitrogens with zero attached hydrogens (tertiary/aromatic N) is 3. The molecule has 2 aromatic rings. The fraction of sp³-hybridized carbons (Fsp3) is 0.471. The van der Waals surface area contributed by atoms with Gasteiger partial charge >= 0.3 is 0 Å². The Balaban J connectivity index is 1.45. The molecular weight excluding hydrogens is 342 g/mol. The van der Waals surface area contributed by atoms with Crippen molar-refractivity contribution in [3.63, 3.8) is 0 Å². The lowest BCUT2D eigenvalue weighted by Crippen LogP contribution is -2.45. The number of hydrogen-bond donors (Lipinski definition) is 0. The zero-order valence-corrected chi connectivity index (χ0v) is 14.9. The number of aromatic nitrogens is 1. The van der Waals surface area contributed by atoms with E-state index in [1.807, 2.05) is 23.1 Å². The van der Waals surface area contributed by atoms with Gasteiger partial charge in [-0.1, -0.05) is 12.1 Å². The molecule has 0 aliphatic carbocycles. The van der Waals surface area contributed by atoms with E-state index in [4.69, 9.17) is 4.98 Å². The van der Waals surface area contributed by atoms with Crippen LogP contribution in [0.3, 0.4) is 0 Å². The molecule has 3 heterocycles. The van der Waals surface area contributed by atoms with Crippen molar-refractivity contribution in [2.45, 2.75) is 18.8 Å². The third-order valence-electron chi connectivity index (χ3n) is 4.59. The summed E-state index contributed by atoms with van der Waals surface area (Å²) >= 11 is 3.31. The van der Waals surface area contributed by atoms with Crippen molar-refractivity contribution < 1.29 is 9.59 Å². The Hall–Kier alpha value is -1.60. The fourth-order valence-electron chi connectivity index (χ4n) is 3.27. The van der Waals surface area contributed by atoms with E-state index in [0.29, 0.717) is 24.1 Å². The van der Waals surface area contributed by atoms with E-state index < -0.39 is 0 Å². The number of fused-ring (bicyclic) bond motifs is 1. The van der Waals surface area contributed by atoms with Crippen LogP contribution in [0.2, 0.25) is 0 Å². The van der Waals surface area contributed by atoms with Gasteiger partial charge in [-0.15, -0.1) is 23.1 Å². The lowest BCUT2D eigenvalue weighted by Gasteiger charge is -2.32. The van der Waals surface area contributed by atoms with Crippen LogP contribution in [-0.4, -0.2) is 57.9 Å². The van der Waals surface area contributed by atoms with Gasteiger partial charge in [0.15, 0.2) is 0 Å². The van der Waals surface area contributed by atoms with E-state index in [1.54, 1.807) is 28.0 Å². The summed E-state index contributed by atoms with van der Waals surface area (Å²) in [5.74, 6) is 1.59. The van der Waals surface area contributed by atoms with E-state index in [0.717, 1.165) is 29.9 Å². The van der Waals surface area contributed by atoms with Crippen molar-refractivity contribution in [1.29, 1.82) is 0 Å². The summed E-state index contributed by atoms with van der Waals surface area (Å²) in [5, 5.41) is 1.13. The Morgan fingerprint density at radius 2 is 2.21 bits per heavy atom. The van der Waals surface area contributed by atoms with E-state index >= 15 is 0 Å². The number of likely N-dealkylation sites (tertiary alicyclic amines) is 1. The number of piperidine rings is 1. The number of hydrogen-bond acceptors (Lipinski definition) is 5. The molecule has 126 valence electrons. The molecule has 1 aromatic carbocycles. The molecule has 4 rings (SSSR count). The van der Waals surface area contributed by atoms with Crippen LogP contribution in [0, 0.1) is 0 Å². The average molecular weight is 361 g/mol. The second kappa shape index (κ2) is 6.72. The quantitative estimate of drug-likeness (QED) is 0.843. The van der Waals surface area contributed by atoms with Crippen LogP contribution < -0.4 is 0 Å². The van der Waals surface area contributed by atoms with Gasteiger partial charge in [-0.2, -0.15) is 0 Å². The van der Waals surface area contributed by atoms with Crippen molar-refractivity contribution in [3.05, 3.63) is 29.3 Å². The summed E-state index contributed by atoms with van der Waals surface area (Å²) in [6.45, 7) is 1.72. The van der Waals surface area contributed by atoms with Crippen molar-refractivity contribution in [2.24, 2.45) is 0 Å². The summed E-state index contributed by atoms with van der Waals surface area (Å²) in [4.78, 5) is 32.6. The number of benzene rings is 1. The van der Waals surface area contributed by atoms with Crippen molar-refractivity contribution in [1.82, 2.24) is 14.8 Å². The van der Waals surface area contributed by atoms with Crippen LogP contribution in [0.5, 0.6) is 0 Å². The van der Waals surface area contributed by atoms with Crippen molar-refractivity contribution in [2.75, 3.05) is 31.3 Å². The summed E-state index contributed by atoms with van der Waals surface area (Å²) in [5.41, 5.74) is 1.04. The molecule has 2 saturated heterocycles. The molecule has 2 amide bonds. The Bertz CT molecular complexity index is 743. The molecule has 24 heavy (non-hydrogen) atoms. The molecule has 5 nitrogen and oxygen atoms in total. The normalized spacial score (nSPS) is 21.7. The number of thioether (sulfide) groups is 1. The van der Waals surface area contributed by atoms with E-state index in [9.17, 15) is 9.59 Å². The summed E-state index contributed by atoms with van der Waals surface area (Å²) < 4.78 is 1.20. The van der Waals surface area contributed by atoms with Crippen LogP contribution in [0.25, 0.3) is 10.2 Å². The third kappa shape index (κ3) is 3.15. The molecule has 0 spiro atoms. The number of thiazole rings is 1. The first-order valence-electron chi connectivity index (χ1n) is 8.19. The van der Waals surface area contributed by atoms with Gasteiger partial charge in [0.05, 0.1) is 26.9 Å². The molecule has 0 radical (unpaired) electrons. The molecule has 0 N–H and O–H groups in total. The fourth-order valence-corrected chi connectivity index (χ4v) is 5.27. The average Bonchev–Trinajstić information content (AvgIpc) is 3.21. The summed E-state index contributed by atoms with van der Waals surface area (Å²) in [7, 11) is 0. The highest BCUT2D eigenvalue weighted by Crippen LogP contribution is 2.33. The second-order valence-electron chi connectivity index (χ2n) is 6.27. The van der Waals surface area contributed by atoms with Gasteiger partial charge in [-0.05, 0) is 25.0 Å². The second-order valence-corrected chi connectivity index (χ2v) is 8.29. The molecule has 2 aliphatic rings. The topological polar surface area (TPSA) is 53.5 Å². The standard InChI is InChI=1S/C17H19N3O2S2/c21-15(9-20-11-23-10-16(20)22)19-7-3-4-12(8-19)17-18-13-5-1-2-6-14(13)24-17/h1-2,5-6,12H,3-4,7-11H2/t12-/m1/s1. The van der Waals surface area contributed by atoms with Crippen molar-refractivity contribution >= 4 is 45.1 Å². The lowest BCUT2D eigenvalue weighted by molar-refractivity contribution is -0.138. The van der Waals surface area contributed by atoms with Crippen LogP contribution in [0.15, 0.2) is 24.3 Å². The van der Waals surface area contributed by atoms with Crippen LogP contribution in [0.1, 0.15) is 23.8 Å². The van der Waals surface area contributed by atoms with Gasteiger partial charge in [0.25, 0.3) is 0 Å². The van der Waals surface area contributed by atoms with Gasteiger partial charge in [0, 0.05) is 19.0 Å². The highest BCUT2D eigenvalue weighted by molar-refractivity contribution is 8.00. The lowest BCUT2D eigenvalue weighted by atomic mass is 9.98. The minimum absolute atomic E-state index is 0.0664. The van der Waals surface area contributed by atoms with Crippen LogP contribution >= 0.6 is 23.1 Å². The molecule has 0 unspecified atom stereocenters. The van der Waals surface area contributed by atoms with Crippen molar-refractivity contribution in [3.8, 4) is 0 Å². The van der Waals surface area contributed by atoms with Crippen LogP contribution in [-0.2, 0) is 9.59 Å². The van der Waals surface area contributed by atoms with Crippen LogP contribution in [0.4, 0.5) is 0 Å². The summed E-state index contributed by atoms with van der Waals surface area (Å²) in [6.07, 6.45) is 2.07. The van der Waals surface area contributed by atoms with Gasteiger partial charge in [-0.3, -0.25) is 9.59 Å². The highest BCUT2D eigenvalue weighted by atomic mass is 32.2. The largest absolute Gasteiger partial charge is 0.340 e. The number of para-hydroxylation sites is 1. The van der Waals surface area contributed by atoms with Gasteiger partial charge < -0.3 is 9.80 Å². The van der Waals surface area contributed by atoms with E-state index in [1.165, 1.54) is 4.70 Å². The highest BCUT2D eigenvalue weighted by Gasteiger charge is 2.30. The summed E-state index contributed by atoms with van der Waals surface area (Å²) in [6, 6.07) is 8.18. The maximum atomic E-state index is 12.6. The zero-order chi connectivity index (χ0) is 16.5. The van der Waals surface area contributed by atoms with Gasteiger partial charge in [0.2, 0.25) is 11.8 Å². The Labute approximate surface area is 149 Å². The van der Waals surface area contributed by atoms with E-state index in [2.05, 4.69) is 6.07 Å². The Kier molecular flexibility index (Phi) is 4.45. The third-order valence-corrected chi connectivity index (χ3v) is 6.73. The molecule has 1 atom stereocenters. The molecule has 1 aromatic heterocycles. The molecule has 0 saturated carbocycles. The maximum absolute atomic E-state index is 12.6. The predicted octanol–water partition coefficient (Wildman–Crippen LogP) is 2.54. The Morgan fingerprint density at radius 1 is 1.33 bits per heavy atom. The Morgan fingerprint density at radius 3 is 3.00 bits per heavy atom. The first kappa shape index (κ1) is 15.9. The molecule has 7 heteroatoms. The minimum atomic E-state index is 0.0664. The first-order valence-corrected chi connectivity index (χ1v) is 10.2. The number of amides is 2. The predicted molar refractivity (Wildman–Crippen MR) is 97.2 cm³/mol. The maximum Gasteiger partial charge on any atom is 0.242 e. The van der Waals surface area contributed by atoms with Gasteiger partial charge in [0.1, 0.15) is 6.54 Å². The number of carbonyl (C=O) groups excluding carboxylic acids is 2. The monoisotopic (exact) mass is 361 g/mol.